The molecule has 7 nitrogen and oxygen atoms in total. The Morgan fingerprint density at radius 1 is 0.923 bits per heavy atom. The number of hydrogen-bond acceptors (Lipinski definition) is 5. The lowest BCUT2D eigenvalue weighted by Gasteiger charge is -2.11. The number of aryl methyl sites for hydroxylation is 1. The highest BCUT2D eigenvalue weighted by molar-refractivity contribution is 5.75. The van der Waals surface area contributed by atoms with Crippen LogP contribution in [-0.2, 0) is 13.1 Å². The molecule has 0 radical (unpaired) electrons. The van der Waals surface area contributed by atoms with E-state index in [4.69, 9.17) is 0 Å². The van der Waals surface area contributed by atoms with E-state index in [2.05, 4.69) is 30.9 Å². The van der Waals surface area contributed by atoms with Crippen LogP contribution in [0.2, 0.25) is 0 Å². The quantitative estimate of drug-likeness (QED) is 0.555. The lowest BCUT2D eigenvalue weighted by atomic mass is 10.3. The van der Waals surface area contributed by atoms with Crippen molar-refractivity contribution in [3.05, 3.63) is 65.9 Å². The van der Waals surface area contributed by atoms with Crippen molar-refractivity contribution in [3.63, 3.8) is 0 Å². The van der Waals surface area contributed by atoms with Crippen LogP contribution in [0.15, 0.2) is 48.7 Å². The Balaban J connectivity index is 1.55. The minimum Gasteiger partial charge on any atom is -0.363 e. The third-order valence-electron chi connectivity index (χ3n) is 4.33. The van der Waals surface area contributed by atoms with Crippen LogP contribution in [0.1, 0.15) is 17.2 Å². The summed E-state index contributed by atoms with van der Waals surface area (Å²) >= 11 is 0. The Bertz CT molecular complexity index is 1040. The first-order valence-corrected chi connectivity index (χ1v) is 8.54. The zero-order valence-electron chi connectivity index (χ0n) is 15.2. The van der Waals surface area contributed by atoms with Gasteiger partial charge in [-0.05, 0) is 31.2 Å². The molecule has 0 N–H and O–H groups in total. The second-order valence-corrected chi connectivity index (χ2v) is 6.52. The zero-order valence-corrected chi connectivity index (χ0v) is 15.2. The molecule has 0 aliphatic carbocycles. The van der Waals surface area contributed by atoms with Gasteiger partial charge in [0.05, 0.1) is 36.0 Å². The van der Waals surface area contributed by atoms with Gasteiger partial charge in [0.25, 0.3) is 0 Å². The summed E-state index contributed by atoms with van der Waals surface area (Å²) in [6, 6.07) is 14.1. The molecule has 0 saturated heterocycles. The molecule has 0 unspecified atom stereocenters. The van der Waals surface area contributed by atoms with Crippen molar-refractivity contribution in [1.29, 1.82) is 0 Å². The molecule has 26 heavy (non-hydrogen) atoms. The van der Waals surface area contributed by atoms with Gasteiger partial charge < -0.3 is 9.47 Å². The normalized spacial score (nSPS) is 11.2. The fraction of sp³-hybridized carbons (Fsp3) is 0.263. The standard InChI is InChI=1S/C19H21N7/c1-14-20-17-8-4-5-9-18(17)26(14)13-16-12-25(23-22-16)11-15-7-6-10-19(21-15)24(2)3/h4-10,12H,11,13H2,1-3H3. The van der Waals surface area contributed by atoms with Crippen LogP contribution in [0, 0.1) is 6.92 Å². The number of pyridine rings is 1. The van der Waals surface area contributed by atoms with Crippen LogP contribution in [0.25, 0.3) is 11.0 Å². The second kappa shape index (κ2) is 6.59. The van der Waals surface area contributed by atoms with Crippen LogP contribution < -0.4 is 4.90 Å². The number of nitrogens with zero attached hydrogens (tertiary/aromatic N) is 7. The van der Waals surface area contributed by atoms with Gasteiger partial charge in [-0.1, -0.05) is 23.4 Å². The van der Waals surface area contributed by atoms with E-state index in [0.29, 0.717) is 13.1 Å². The molecule has 0 saturated carbocycles. The van der Waals surface area contributed by atoms with E-state index in [1.165, 1.54) is 0 Å². The van der Waals surface area contributed by atoms with E-state index in [9.17, 15) is 0 Å². The Hall–Kier alpha value is -3.22. The number of benzene rings is 1. The predicted octanol–water partition coefficient (Wildman–Crippen LogP) is 2.49. The summed E-state index contributed by atoms with van der Waals surface area (Å²) < 4.78 is 3.99. The Morgan fingerprint density at radius 3 is 2.62 bits per heavy atom. The van der Waals surface area contributed by atoms with Crippen molar-refractivity contribution >= 4 is 16.9 Å². The van der Waals surface area contributed by atoms with E-state index < -0.39 is 0 Å². The van der Waals surface area contributed by atoms with E-state index in [1.807, 2.05) is 73.2 Å². The maximum atomic E-state index is 4.63. The number of fused-ring (bicyclic) bond motifs is 1. The first kappa shape index (κ1) is 16.3. The maximum Gasteiger partial charge on any atom is 0.128 e. The van der Waals surface area contributed by atoms with Gasteiger partial charge in [-0.25, -0.2) is 14.6 Å². The molecule has 0 spiro atoms. The smallest absolute Gasteiger partial charge is 0.128 e. The third kappa shape index (κ3) is 3.15. The van der Waals surface area contributed by atoms with Gasteiger partial charge in [-0.2, -0.15) is 0 Å². The lowest BCUT2D eigenvalue weighted by molar-refractivity contribution is 0.637. The van der Waals surface area contributed by atoms with Gasteiger partial charge in [-0.15, -0.1) is 5.10 Å². The summed E-state index contributed by atoms with van der Waals surface area (Å²) in [5, 5.41) is 8.57. The highest BCUT2D eigenvalue weighted by atomic mass is 15.4. The number of aromatic nitrogens is 6. The van der Waals surface area contributed by atoms with Crippen molar-refractivity contribution in [3.8, 4) is 0 Å². The average Bonchev–Trinajstić information content (AvgIpc) is 3.20. The first-order valence-electron chi connectivity index (χ1n) is 8.54. The van der Waals surface area contributed by atoms with Crippen molar-refractivity contribution in [2.75, 3.05) is 19.0 Å². The highest BCUT2D eigenvalue weighted by Crippen LogP contribution is 2.17. The molecular formula is C19H21N7. The van der Waals surface area contributed by atoms with Crippen LogP contribution in [0.5, 0.6) is 0 Å². The van der Waals surface area contributed by atoms with Crippen molar-refractivity contribution in [1.82, 2.24) is 29.5 Å². The van der Waals surface area contributed by atoms with E-state index in [1.54, 1.807) is 0 Å². The molecule has 0 fully saturated rings. The Morgan fingerprint density at radius 2 is 1.77 bits per heavy atom. The number of imidazole rings is 1. The van der Waals surface area contributed by atoms with Gasteiger partial charge >= 0.3 is 0 Å². The summed E-state index contributed by atoms with van der Waals surface area (Å²) in [6.45, 7) is 3.26. The van der Waals surface area contributed by atoms with Crippen molar-refractivity contribution < 1.29 is 0 Å². The fourth-order valence-electron chi connectivity index (χ4n) is 3.02. The molecule has 0 amide bonds. The molecule has 0 bridgehead atoms. The fourth-order valence-corrected chi connectivity index (χ4v) is 3.02. The predicted molar refractivity (Wildman–Crippen MR) is 101 cm³/mol. The molecule has 1 aromatic carbocycles. The van der Waals surface area contributed by atoms with Gasteiger partial charge in [0.1, 0.15) is 17.3 Å². The van der Waals surface area contributed by atoms with E-state index in [-0.39, 0.29) is 0 Å². The van der Waals surface area contributed by atoms with Crippen molar-refractivity contribution in [2.45, 2.75) is 20.0 Å². The van der Waals surface area contributed by atoms with E-state index in [0.717, 1.165) is 34.1 Å². The lowest BCUT2D eigenvalue weighted by Crippen LogP contribution is -2.12. The summed E-state index contributed by atoms with van der Waals surface area (Å²) in [5.41, 5.74) is 3.97. The minimum atomic E-state index is 0.596. The third-order valence-corrected chi connectivity index (χ3v) is 4.33. The molecule has 0 atom stereocenters. The SMILES string of the molecule is Cc1nc2ccccc2n1Cc1cn(Cc2cccc(N(C)C)n2)nn1. The molecule has 7 heteroatoms. The maximum absolute atomic E-state index is 4.63. The van der Waals surface area contributed by atoms with E-state index >= 15 is 0 Å². The van der Waals surface area contributed by atoms with Crippen LogP contribution in [0.4, 0.5) is 5.82 Å². The van der Waals surface area contributed by atoms with Crippen LogP contribution >= 0.6 is 0 Å². The number of para-hydroxylation sites is 2. The molecule has 4 rings (SSSR count). The summed E-state index contributed by atoms with van der Waals surface area (Å²) in [7, 11) is 3.97. The molecule has 0 aliphatic rings. The Labute approximate surface area is 151 Å². The van der Waals surface area contributed by atoms with Gasteiger partial charge in [0, 0.05) is 14.1 Å². The first-order chi connectivity index (χ1) is 12.6. The average molecular weight is 347 g/mol. The summed E-state index contributed by atoms with van der Waals surface area (Å²) in [5.74, 6) is 1.91. The van der Waals surface area contributed by atoms with Gasteiger partial charge in [0.15, 0.2) is 0 Å². The molecule has 0 aliphatic heterocycles. The zero-order chi connectivity index (χ0) is 18.1. The molecular weight excluding hydrogens is 326 g/mol. The van der Waals surface area contributed by atoms with Crippen LogP contribution in [0.3, 0.4) is 0 Å². The van der Waals surface area contributed by atoms with Gasteiger partial charge in [0.2, 0.25) is 0 Å². The van der Waals surface area contributed by atoms with Crippen LogP contribution in [-0.4, -0.2) is 43.6 Å². The number of hydrogen-bond donors (Lipinski definition) is 0. The number of rotatable bonds is 5. The number of anilines is 1. The molecule has 132 valence electrons. The largest absolute Gasteiger partial charge is 0.363 e. The summed E-state index contributed by atoms with van der Waals surface area (Å²) in [6.07, 6.45) is 1.97. The van der Waals surface area contributed by atoms with Crippen molar-refractivity contribution in [2.24, 2.45) is 0 Å². The molecule has 4 aromatic rings. The molecule has 3 heterocycles. The highest BCUT2D eigenvalue weighted by Gasteiger charge is 2.10. The topological polar surface area (TPSA) is 64.7 Å². The monoisotopic (exact) mass is 347 g/mol. The second-order valence-electron chi connectivity index (χ2n) is 6.52. The minimum absolute atomic E-state index is 0.596. The van der Waals surface area contributed by atoms with Gasteiger partial charge in [-0.3, -0.25) is 0 Å². The summed E-state index contributed by atoms with van der Waals surface area (Å²) in [4.78, 5) is 11.2. The Kier molecular flexibility index (Phi) is 4.12. The molecule has 3 aromatic heterocycles.